The minimum Gasteiger partial charge on any atom is -0.477 e. The van der Waals surface area contributed by atoms with Crippen LogP contribution in [0.2, 0.25) is 0 Å². The predicted molar refractivity (Wildman–Crippen MR) is 55.2 cm³/mol. The molecule has 1 aliphatic heterocycles. The van der Waals surface area contributed by atoms with E-state index >= 15 is 0 Å². The molecule has 9 heteroatoms. The van der Waals surface area contributed by atoms with E-state index in [-0.39, 0.29) is 0 Å². The van der Waals surface area contributed by atoms with Gasteiger partial charge in [0.25, 0.3) is 5.79 Å². The lowest BCUT2D eigenvalue weighted by atomic mass is 9.89. The molecule has 18 heavy (non-hydrogen) atoms. The second kappa shape index (κ2) is 5.45. The summed E-state index contributed by atoms with van der Waals surface area (Å²) in [5.74, 6) is -4.44. The summed E-state index contributed by atoms with van der Waals surface area (Å²) in [7, 11) is 0. The van der Waals surface area contributed by atoms with E-state index in [2.05, 4.69) is 0 Å². The first-order valence-electron chi connectivity index (χ1n) is 5.27. The van der Waals surface area contributed by atoms with Crippen LogP contribution in [-0.2, 0) is 9.53 Å². The number of carboxylic acids is 1. The Hall–Kier alpha value is -0.810. The molecule has 0 aliphatic carbocycles. The molecule has 6 atom stereocenters. The van der Waals surface area contributed by atoms with Gasteiger partial charge in [0.2, 0.25) is 0 Å². The molecule has 1 fully saturated rings. The highest BCUT2D eigenvalue weighted by Gasteiger charge is 2.52. The molecule has 1 aliphatic rings. The number of aliphatic hydroxyl groups is 5. The summed E-state index contributed by atoms with van der Waals surface area (Å²) in [4.78, 5) is 10.8. The second-order valence-electron chi connectivity index (χ2n) is 4.26. The van der Waals surface area contributed by atoms with E-state index in [1.807, 2.05) is 0 Å². The molecule has 0 aromatic heterocycles. The molecular weight excluding hydrogens is 250 g/mol. The van der Waals surface area contributed by atoms with Crippen LogP contribution in [0.15, 0.2) is 0 Å². The Kier molecular flexibility index (Phi) is 4.61. The van der Waals surface area contributed by atoms with Gasteiger partial charge in [-0.15, -0.1) is 0 Å². The van der Waals surface area contributed by atoms with Gasteiger partial charge in [0.15, 0.2) is 0 Å². The van der Waals surface area contributed by atoms with Gasteiger partial charge in [0, 0.05) is 6.42 Å². The van der Waals surface area contributed by atoms with Crippen molar-refractivity contribution >= 4 is 5.97 Å². The van der Waals surface area contributed by atoms with Gasteiger partial charge in [0.05, 0.1) is 18.8 Å². The fraction of sp³-hybridized carbons (Fsp3) is 0.889. The van der Waals surface area contributed by atoms with Gasteiger partial charge >= 0.3 is 5.97 Å². The van der Waals surface area contributed by atoms with E-state index in [0.29, 0.717) is 0 Å². The number of hydrogen-bond donors (Lipinski definition) is 7. The zero-order valence-corrected chi connectivity index (χ0v) is 9.38. The normalized spacial score (nSPS) is 40.2. The fourth-order valence-electron chi connectivity index (χ4n) is 1.75. The number of aliphatic hydroxyl groups excluding tert-OH is 4. The van der Waals surface area contributed by atoms with E-state index < -0.39 is 55.2 Å². The molecular formula is C9H17NO8. The third-order valence-electron chi connectivity index (χ3n) is 2.89. The first-order chi connectivity index (χ1) is 8.23. The van der Waals surface area contributed by atoms with E-state index in [4.69, 9.17) is 20.7 Å². The number of hydrogen-bond acceptors (Lipinski definition) is 8. The minimum atomic E-state index is -2.70. The average Bonchev–Trinajstić information content (AvgIpc) is 2.31. The molecule has 1 unspecified atom stereocenters. The van der Waals surface area contributed by atoms with Crippen molar-refractivity contribution < 1.29 is 40.2 Å². The summed E-state index contributed by atoms with van der Waals surface area (Å²) in [5, 5.41) is 55.5. The molecule has 0 bridgehead atoms. The molecule has 0 aromatic rings. The van der Waals surface area contributed by atoms with Gasteiger partial charge in [-0.25, -0.2) is 4.79 Å². The van der Waals surface area contributed by atoms with Crippen molar-refractivity contribution in [2.24, 2.45) is 5.73 Å². The maximum Gasteiger partial charge on any atom is 0.364 e. The summed E-state index contributed by atoms with van der Waals surface area (Å²) in [5.41, 5.74) is 5.51. The van der Waals surface area contributed by atoms with Crippen molar-refractivity contribution in [3.05, 3.63) is 0 Å². The lowest BCUT2D eigenvalue weighted by molar-refractivity contribution is -0.292. The van der Waals surface area contributed by atoms with E-state index in [1.165, 1.54) is 0 Å². The van der Waals surface area contributed by atoms with Crippen molar-refractivity contribution in [2.45, 2.75) is 42.7 Å². The van der Waals surface area contributed by atoms with Gasteiger partial charge in [-0.2, -0.15) is 0 Å². The molecule has 1 heterocycles. The molecule has 1 saturated heterocycles. The summed E-state index contributed by atoms with van der Waals surface area (Å²) in [6, 6.07) is -1.21. The molecule has 0 amide bonds. The van der Waals surface area contributed by atoms with Crippen molar-refractivity contribution in [2.75, 3.05) is 6.61 Å². The van der Waals surface area contributed by atoms with Gasteiger partial charge in [-0.1, -0.05) is 0 Å². The maximum atomic E-state index is 10.8. The van der Waals surface area contributed by atoms with Crippen molar-refractivity contribution in [1.82, 2.24) is 0 Å². The first kappa shape index (κ1) is 15.2. The minimum absolute atomic E-state index is 0.665. The Morgan fingerprint density at radius 3 is 2.50 bits per heavy atom. The number of aliphatic carboxylic acids is 1. The Morgan fingerprint density at radius 2 is 2.06 bits per heavy atom. The van der Waals surface area contributed by atoms with Crippen LogP contribution in [0.1, 0.15) is 6.42 Å². The SMILES string of the molecule is N[C@@H]1[C@@H]([C@@H](O)[C@@H](O)CO)OC(O)(C(=O)O)C[C@H]1O. The van der Waals surface area contributed by atoms with Crippen LogP contribution in [0.3, 0.4) is 0 Å². The van der Waals surface area contributed by atoms with E-state index in [1.54, 1.807) is 0 Å². The zero-order chi connectivity index (χ0) is 14.1. The Morgan fingerprint density at radius 1 is 1.50 bits per heavy atom. The fourth-order valence-corrected chi connectivity index (χ4v) is 1.75. The molecule has 0 saturated carbocycles. The number of rotatable bonds is 4. The molecule has 0 spiro atoms. The lowest BCUT2D eigenvalue weighted by Gasteiger charge is -2.43. The molecule has 1 rings (SSSR count). The van der Waals surface area contributed by atoms with Crippen molar-refractivity contribution in [3.8, 4) is 0 Å². The summed E-state index contributed by atoms with van der Waals surface area (Å²) < 4.78 is 4.75. The number of carboxylic acid groups (broad SMARTS) is 1. The van der Waals surface area contributed by atoms with Crippen LogP contribution in [-0.4, -0.2) is 79.5 Å². The monoisotopic (exact) mass is 267 g/mol. The van der Waals surface area contributed by atoms with Gasteiger partial charge in [0.1, 0.15) is 18.3 Å². The third-order valence-corrected chi connectivity index (χ3v) is 2.89. The summed E-state index contributed by atoms with van der Waals surface area (Å²) >= 11 is 0. The highest BCUT2D eigenvalue weighted by Crippen LogP contribution is 2.29. The van der Waals surface area contributed by atoms with Crippen LogP contribution in [0.4, 0.5) is 0 Å². The smallest absolute Gasteiger partial charge is 0.364 e. The quantitative estimate of drug-likeness (QED) is 0.267. The topological polar surface area (TPSA) is 174 Å². The van der Waals surface area contributed by atoms with Crippen LogP contribution < -0.4 is 5.73 Å². The summed E-state index contributed by atoms with van der Waals surface area (Å²) in [6.45, 7) is -0.810. The highest BCUT2D eigenvalue weighted by atomic mass is 16.7. The molecule has 106 valence electrons. The average molecular weight is 267 g/mol. The predicted octanol–water partition coefficient (Wildman–Crippen LogP) is -4.05. The summed E-state index contributed by atoms with van der Waals surface area (Å²) in [6.07, 6.45) is -7.01. The number of nitrogens with two attached hydrogens (primary N) is 1. The standard InChI is InChI=1S/C9H17NO8/c10-5-3(12)1-9(17,8(15)16)18-7(5)6(14)4(13)2-11/h3-7,11-14,17H,1-2,10H2,(H,15,16)/t3-,4+,5+,6+,7+,9?/m1/s1. The van der Waals surface area contributed by atoms with Crippen molar-refractivity contribution in [3.63, 3.8) is 0 Å². The van der Waals surface area contributed by atoms with E-state index in [0.717, 1.165) is 0 Å². The van der Waals surface area contributed by atoms with Crippen molar-refractivity contribution in [1.29, 1.82) is 0 Å². The van der Waals surface area contributed by atoms with Crippen LogP contribution in [0.25, 0.3) is 0 Å². The number of carbonyl (C=O) groups is 1. The molecule has 9 nitrogen and oxygen atoms in total. The lowest BCUT2D eigenvalue weighted by Crippen LogP contribution is -2.65. The second-order valence-corrected chi connectivity index (χ2v) is 4.26. The largest absolute Gasteiger partial charge is 0.477 e. The van der Waals surface area contributed by atoms with Crippen LogP contribution in [0, 0.1) is 0 Å². The van der Waals surface area contributed by atoms with Crippen LogP contribution in [0.5, 0.6) is 0 Å². The Bertz CT molecular complexity index is 313. The Balaban J connectivity index is 2.92. The zero-order valence-electron chi connectivity index (χ0n) is 9.38. The van der Waals surface area contributed by atoms with Crippen LogP contribution >= 0.6 is 0 Å². The molecule has 0 aromatic carbocycles. The van der Waals surface area contributed by atoms with Gasteiger partial charge in [-0.3, -0.25) is 0 Å². The third kappa shape index (κ3) is 2.78. The van der Waals surface area contributed by atoms with E-state index in [9.17, 15) is 25.2 Å². The Labute approximate surface area is 102 Å². The van der Waals surface area contributed by atoms with Gasteiger partial charge in [-0.05, 0) is 0 Å². The first-order valence-corrected chi connectivity index (χ1v) is 5.27. The number of ether oxygens (including phenoxy) is 1. The highest BCUT2D eigenvalue weighted by molar-refractivity contribution is 5.75. The maximum absolute atomic E-state index is 10.8. The molecule has 8 N–H and O–H groups in total. The molecule has 0 radical (unpaired) electrons. The van der Waals surface area contributed by atoms with Gasteiger partial charge < -0.3 is 41.1 Å².